The number of aromatic nitrogens is 1. The third-order valence-corrected chi connectivity index (χ3v) is 5.49. The maximum atomic E-state index is 12.5. The van der Waals surface area contributed by atoms with Gasteiger partial charge in [0.2, 0.25) is 5.91 Å². The summed E-state index contributed by atoms with van der Waals surface area (Å²) in [6.45, 7) is 2.49. The van der Waals surface area contributed by atoms with E-state index in [2.05, 4.69) is 5.16 Å². The molecule has 0 atom stereocenters. The summed E-state index contributed by atoms with van der Waals surface area (Å²) in [4.78, 5) is 28.3. The van der Waals surface area contributed by atoms with Crippen molar-refractivity contribution in [2.45, 2.75) is 25.7 Å². The third-order valence-electron chi connectivity index (χ3n) is 5.49. The zero-order chi connectivity index (χ0) is 18.8. The van der Waals surface area contributed by atoms with Crippen molar-refractivity contribution in [3.8, 4) is 11.3 Å². The molecule has 1 aliphatic carbocycles. The number of hydrogen-bond acceptors (Lipinski definition) is 5. The number of amides is 1. The molecule has 142 valence electrons. The fourth-order valence-corrected chi connectivity index (χ4v) is 3.74. The lowest BCUT2D eigenvalue weighted by atomic mass is 9.84. The first kappa shape index (κ1) is 17.6. The zero-order valence-electron chi connectivity index (χ0n) is 15.1. The fraction of sp³-hybridized carbons (Fsp3) is 0.450. The minimum atomic E-state index is -1.06. The summed E-state index contributed by atoms with van der Waals surface area (Å²) in [5.74, 6) is -0.0182. The molecule has 0 unspecified atom stereocenters. The summed E-state index contributed by atoms with van der Waals surface area (Å²) < 4.78 is 5.42. The molecule has 2 aromatic rings. The number of hydrogen-bond donors (Lipinski definition) is 1. The Hall–Kier alpha value is -2.83. The number of nitrogens with zero attached hydrogens (tertiary/aromatic N) is 3. The molecule has 7 nitrogen and oxygen atoms in total. The molecule has 7 heteroatoms. The number of carboxylic acid groups (broad SMARTS) is 1. The van der Waals surface area contributed by atoms with Gasteiger partial charge in [-0.15, -0.1) is 0 Å². The van der Waals surface area contributed by atoms with Crippen molar-refractivity contribution in [2.24, 2.45) is 5.92 Å². The minimum Gasteiger partial charge on any atom is -0.477 e. The number of carboxylic acids is 1. The lowest BCUT2D eigenvalue weighted by molar-refractivity contribution is -0.137. The number of benzene rings is 1. The van der Waals surface area contributed by atoms with Crippen LogP contribution in [0.25, 0.3) is 11.3 Å². The van der Waals surface area contributed by atoms with E-state index in [4.69, 9.17) is 4.52 Å². The van der Waals surface area contributed by atoms with Crippen molar-refractivity contribution in [2.75, 3.05) is 31.1 Å². The Morgan fingerprint density at radius 3 is 2.48 bits per heavy atom. The van der Waals surface area contributed by atoms with Gasteiger partial charge in [-0.05, 0) is 19.3 Å². The molecule has 4 rings (SSSR count). The highest BCUT2D eigenvalue weighted by Crippen LogP contribution is 2.32. The number of aromatic carboxylic acids is 1. The van der Waals surface area contributed by atoms with Crippen LogP contribution in [0.1, 0.15) is 36.0 Å². The maximum Gasteiger partial charge on any atom is 0.343 e. The summed E-state index contributed by atoms with van der Waals surface area (Å²) in [7, 11) is 0. The monoisotopic (exact) mass is 369 g/mol. The number of carbonyl (C=O) groups excluding carboxylic acids is 1. The van der Waals surface area contributed by atoms with Crippen LogP contribution in [0.2, 0.25) is 0 Å². The molecule has 2 fully saturated rings. The minimum absolute atomic E-state index is 0.0833. The summed E-state index contributed by atoms with van der Waals surface area (Å²) in [5, 5.41) is 13.8. The van der Waals surface area contributed by atoms with Crippen LogP contribution < -0.4 is 4.90 Å². The van der Waals surface area contributed by atoms with E-state index in [1.807, 2.05) is 28.0 Å². The van der Waals surface area contributed by atoms with Crippen LogP contribution in [0.4, 0.5) is 5.82 Å². The second-order valence-electron chi connectivity index (χ2n) is 7.18. The van der Waals surface area contributed by atoms with Gasteiger partial charge in [-0.25, -0.2) is 4.79 Å². The molecule has 0 spiro atoms. The Morgan fingerprint density at radius 1 is 1.04 bits per heavy atom. The highest BCUT2D eigenvalue weighted by Gasteiger charge is 2.32. The van der Waals surface area contributed by atoms with Crippen molar-refractivity contribution in [3.63, 3.8) is 0 Å². The van der Waals surface area contributed by atoms with Crippen molar-refractivity contribution >= 4 is 17.7 Å². The number of anilines is 1. The second-order valence-corrected chi connectivity index (χ2v) is 7.18. The first-order valence-corrected chi connectivity index (χ1v) is 9.47. The molecular formula is C20H23N3O4. The summed E-state index contributed by atoms with van der Waals surface area (Å²) >= 11 is 0. The molecule has 1 saturated heterocycles. The van der Waals surface area contributed by atoms with Gasteiger partial charge in [0.1, 0.15) is 0 Å². The molecule has 27 heavy (non-hydrogen) atoms. The fourth-order valence-electron chi connectivity index (χ4n) is 3.74. The second kappa shape index (κ2) is 7.42. The molecule has 1 N–H and O–H groups in total. The highest BCUT2D eigenvalue weighted by molar-refractivity contribution is 5.99. The van der Waals surface area contributed by atoms with Gasteiger partial charge in [-0.3, -0.25) is 4.79 Å². The third kappa shape index (κ3) is 3.41. The molecular weight excluding hydrogens is 346 g/mol. The maximum absolute atomic E-state index is 12.5. The van der Waals surface area contributed by atoms with Gasteiger partial charge in [0.25, 0.3) is 0 Å². The van der Waals surface area contributed by atoms with Crippen LogP contribution in [0, 0.1) is 5.92 Å². The Bertz CT molecular complexity index is 829. The smallest absolute Gasteiger partial charge is 0.343 e. The molecule has 2 aliphatic rings. The molecule has 0 bridgehead atoms. The summed E-state index contributed by atoms with van der Waals surface area (Å²) in [6.07, 6.45) is 3.91. The lowest BCUT2D eigenvalue weighted by Gasteiger charge is -2.31. The first-order valence-electron chi connectivity index (χ1n) is 9.47. The first-order chi connectivity index (χ1) is 13.1. The number of rotatable bonds is 4. The van der Waals surface area contributed by atoms with E-state index in [9.17, 15) is 14.7 Å². The summed E-state index contributed by atoms with van der Waals surface area (Å²) in [6, 6.07) is 9.14. The van der Waals surface area contributed by atoms with E-state index in [1.165, 1.54) is 0 Å². The van der Waals surface area contributed by atoms with E-state index < -0.39 is 5.97 Å². The predicted octanol–water partition coefficient (Wildman–Crippen LogP) is 2.88. The Labute approximate surface area is 157 Å². The van der Waals surface area contributed by atoms with Crippen molar-refractivity contribution in [1.82, 2.24) is 10.1 Å². The van der Waals surface area contributed by atoms with E-state index in [0.29, 0.717) is 37.6 Å². The van der Waals surface area contributed by atoms with Crippen LogP contribution in [-0.2, 0) is 4.79 Å². The molecule has 1 aliphatic heterocycles. The molecule has 1 aromatic heterocycles. The largest absolute Gasteiger partial charge is 0.477 e. The molecule has 1 aromatic carbocycles. The molecule has 2 heterocycles. The van der Waals surface area contributed by atoms with E-state index >= 15 is 0 Å². The lowest BCUT2D eigenvalue weighted by Crippen LogP contribution is -2.41. The van der Waals surface area contributed by atoms with Gasteiger partial charge < -0.3 is 19.4 Å². The normalized spacial score (nSPS) is 18.1. The van der Waals surface area contributed by atoms with Gasteiger partial charge in [0.05, 0.1) is 0 Å². The van der Waals surface area contributed by atoms with Crippen LogP contribution in [0.5, 0.6) is 0 Å². The van der Waals surface area contributed by atoms with Crippen LogP contribution in [-0.4, -0.2) is 53.2 Å². The summed E-state index contributed by atoms with van der Waals surface area (Å²) in [5.41, 5.74) is 0.769. The molecule has 1 amide bonds. The Kier molecular flexibility index (Phi) is 4.83. The number of carbonyl (C=O) groups is 2. The quantitative estimate of drug-likeness (QED) is 0.892. The average Bonchev–Trinajstić information content (AvgIpc) is 2.92. The van der Waals surface area contributed by atoms with E-state index in [0.717, 1.165) is 25.7 Å². The Morgan fingerprint density at radius 2 is 1.81 bits per heavy atom. The van der Waals surface area contributed by atoms with Crippen LogP contribution >= 0.6 is 0 Å². The standard InChI is InChI=1S/C20H23N3O4/c24-19(15-8-4-9-15)23-11-5-10-22(12-13-23)18-16(20(25)26)17(27-21-18)14-6-2-1-3-7-14/h1-3,6-7,15H,4-5,8-13H2,(H,25,26). The predicted molar refractivity (Wildman–Crippen MR) is 99.6 cm³/mol. The Balaban J connectivity index is 1.55. The van der Waals surface area contributed by atoms with Gasteiger partial charge in [0, 0.05) is 37.7 Å². The van der Waals surface area contributed by atoms with E-state index in [1.54, 1.807) is 12.1 Å². The van der Waals surface area contributed by atoms with Crippen LogP contribution in [0.15, 0.2) is 34.9 Å². The highest BCUT2D eigenvalue weighted by atomic mass is 16.5. The van der Waals surface area contributed by atoms with Gasteiger partial charge in [0.15, 0.2) is 17.1 Å². The van der Waals surface area contributed by atoms with Crippen molar-refractivity contribution in [3.05, 3.63) is 35.9 Å². The van der Waals surface area contributed by atoms with Gasteiger partial charge >= 0.3 is 5.97 Å². The van der Waals surface area contributed by atoms with Crippen molar-refractivity contribution < 1.29 is 19.2 Å². The molecule has 1 saturated carbocycles. The van der Waals surface area contributed by atoms with Gasteiger partial charge in [-0.1, -0.05) is 41.9 Å². The molecule has 0 radical (unpaired) electrons. The SMILES string of the molecule is O=C(O)c1c(N2CCCN(C(=O)C3CCC3)CC2)noc1-c1ccccc1. The topological polar surface area (TPSA) is 86.9 Å². The zero-order valence-corrected chi connectivity index (χ0v) is 15.1. The van der Waals surface area contributed by atoms with Crippen LogP contribution in [0.3, 0.4) is 0 Å². The van der Waals surface area contributed by atoms with Gasteiger partial charge in [-0.2, -0.15) is 0 Å². The van der Waals surface area contributed by atoms with E-state index in [-0.39, 0.29) is 23.1 Å². The average molecular weight is 369 g/mol. The van der Waals surface area contributed by atoms with Crippen molar-refractivity contribution in [1.29, 1.82) is 0 Å².